The van der Waals surface area contributed by atoms with Gasteiger partial charge >= 0.3 is 0 Å². The third-order valence-corrected chi connectivity index (χ3v) is 3.95. The van der Waals surface area contributed by atoms with Gasteiger partial charge in [0.05, 0.1) is 0 Å². The number of pyridine rings is 1. The molecule has 1 aromatic heterocycles. The van der Waals surface area contributed by atoms with Crippen LogP contribution in [0.25, 0.3) is 0 Å². The maximum Gasteiger partial charge on any atom is 0.0335 e. The molecular weight excluding hydrogens is 210 g/mol. The number of rotatable bonds is 3. The van der Waals surface area contributed by atoms with E-state index in [1.165, 1.54) is 24.9 Å². The summed E-state index contributed by atoms with van der Waals surface area (Å²) in [7, 11) is 0. The lowest BCUT2D eigenvalue weighted by Gasteiger charge is -2.38. The summed E-state index contributed by atoms with van der Waals surface area (Å²) < 4.78 is 0. The molecule has 17 heavy (non-hydrogen) atoms. The summed E-state index contributed by atoms with van der Waals surface area (Å²) in [6.07, 6.45) is 6.34. The smallest absolute Gasteiger partial charge is 0.0335 e. The minimum atomic E-state index is 0.305. The molecule has 94 valence electrons. The molecule has 0 bridgehead atoms. The molecule has 1 aromatic rings. The van der Waals surface area contributed by atoms with Gasteiger partial charge in [-0.2, -0.15) is 0 Å². The van der Waals surface area contributed by atoms with E-state index in [0.717, 1.165) is 6.54 Å². The quantitative estimate of drug-likeness (QED) is 0.870. The number of hydrogen-bond acceptors (Lipinski definition) is 3. The zero-order valence-corrected chi connectivity index (χ0v) is 10.8. The van der Waals surface area contributed by atoms with Gasteiger partial charge in [-0.1, -0.05) is 6.07 Å². The minimum Gasteiger partial charge on any atom is -0.328 e. The first-order valence-corrected chi connectivity index (χ1v) is 6.58. The van der Waals surface area contributed by atoms with Crippen LogP contribution in [0.4, 0.5) is 0 Å². The number of nitrogens with zero attached hydrogens (tertiary/aromatic N) is 2. The molecule has 0 aromatic carbocycles. The average Bonchev–Trinajstić information content (AvgIpc) is 2.39. The Kier molecular flexibility index (Phi) is 4.13. The van der Waals surface area contributed by atoms with Gasteiger partial charge in [-0.3, -0.25) is 9.88 Å². The summed E-state index contributed by atoms with van der Waals surface area (Å²) in [5.74, 6) is 0.642. The van der Waals surface area contributed by atoms with E-state index in [4.69, 9.17) is 5.73 Å². The van der Waals surface area contributed by atoms with E-state index in [0.29, 0.717) is 18.0 Å². The first-order valence-electron chi connectivity index (χ1n) is 6.58. The fourth-order valence-corrected chi connectivity index (χ4v) is 2.66. The van der Waals surface area contributed by atoms with Gasteiger partial charge in [0.25, 0.3) is 0 Å². The Morgan fingerprint density at radius 1 is 1.47 bits per heavy atom. The van der Waals surface area contributed by atoms with E-state index in [-0.39, 0.29) is 0 Å². The third-order valence-electron chi connectivity index (χ3n) is 3.95. The molecule has 3 unspecified atom stereocenters. The first kappa shape index (κ1) is 12.5. The van der Waals surface area contributed by atoms with E-state index < -0.39 is 0 Å². The van der Waals surface area contributed by atoms with Crippen molar-refractivity contribution in [3.8, 4) is 0 Å². The number of aromatic nitrogens is 1. The van der Waals surface area contributed by atoms with Crippen LogP contribution < -0.4 is 5.73 Å². The predicted octanol–water partition coefficient (Wildman–Crippen LogP) is 2.20. The molecule has 3 heteroatoms. The number of piperidine rings is 1. The molecule has 1 fully saturated rings. The lowest BCUT2D eigenvalue weighted by atomic mass is 9.91. The lowest BCUT2D eigenvalue weighted by Crippen LogP contribution is -2.43. The largest absolute Gasteiger partial charge is 0.328 e. The normalized spacial score (nSPS) is 25.5. The van der Waals surface area contributed by atoms with Crippen molar-refractivity contribution in [3.63, 3.8) is 0 Å². The zero-order chi connectivity index (χ0) is 12.3. The van der Waals surface area contributed by atoms with E-state index in [2.05, 4.69) is 29.8 Å². The average molecular weight is 233 g/mol. The highest BCUT2D eigenvalue weighted by atomic mass is 15.2. The van der Waals surface area contributed by atoms with Gasteiger partial charge in [0.15, 0.2) is 0 Å². The van der Waals surface area contributed by atoms with Crippen molar-refractivity contribution in [2.75, 3.05) is 13.1 Å². The third kappa shape index (κ3) is 3.05. The zero-order valence-electron chi connectivity index (χ0n) is 10.8. The van der Waals surface area contributed by atoms with Crippen molar-refractivity contribution in [1.29, 1.82) is 0 Å². The van der Waals surface area contributed by atoms with Crippen molar-refractivity contribution in [3.05, 3.63) is 30.1 Å². The Labute approximate surface area is 104 Å². The molecular formula is C14H23N3. The Hall–Kier alpha value is -0.930. The first-order chi connectivity index (χ1) is 8.18. The van der Waals surface area contributed by atoms with Crippen LogP contribution in [0.15, 0.2) is 24.5 Å². The SMILES string of the molecule is CC(N)C1CCCN(C(C)c2cccnc2)C1. The van der Waals surface area contributed by atoms with Gasteiger partial charge in [-0.05, 0) is 50.8 Å². The highest BCUT2D eigenvalue weighted by molar-refractivity contribution is 5.13. The lowest BCUT2D eigenvalue weighted by molar-refractivity contribution is 0.121. The second-order valence-electron chi connectivity index (χ2n) is 5.22. The fraction of sp³-hybridized carbons (Fsp3) is 0.643. The maximum atomic E-state index is 6.03. The van der Waals surface area contributed by atoms with Crippen LogP contribution in [0.2, 0.25) is 0 Å². The van der Waals surface area contributed by atoms with Gasteiger partial charge in [0, 0.05) is 31.0 Å². The Morgan fingerprint density at radius 2 is 2.29 bits per heavy atom. The Bertz CT molecular complexity index is 337. The van der Waals surface area contributed by atoms with Gasteiger partial charge in [-0.15, -0.1) is 0 Å². The minimum absolute atomic E-state index is 0.305. The summed E-state index contributed by atoms with van der Waals surface area (Å²) in [4.78, 5) is 6.74. The van der Waals surface area contributed by atoms with Crippen molar-refractivity contribution in [2.24, 2.45) is 11.7 Å². The van der Waals surface area contributed by atoms with Crippen LogP contribution in [0.3, 0.4) is 0 Å². The van der Waals surface area contributed by atoms with Gasteiger partial charge in [0.2, 0.25) is 0 Å². The topological polar surface area (TPSA) is 42.1 Å². The van der Waals surface area contributed by atoms with Gasteiger partial charge in [-0.25, -0.2) is 0 Å². The second kappa shape index (κ2) is 5.61. The van der Waals surface area contributed by atoms with E-state index in [1.54, 1.807) is 0 Å². The highest BCUT2D eigenvalue weighted by Crippen LogP contribution is 2.27. The molecule has 1 aliphatic rings. The molecule has 0 aliphatic carbocycles. The van der Waals surface area contributed by atoms with Crippen LogP contribution >= 0.6 is 0 Å². The van der Waals surface area contributed by atoms with Crippen LogP contribution in [0.5, 0.6) is 0 Å². The van der Waals surface area contributed by atoms with Gasteiger partial charge < -0.3 is 5.73 Å². The molecule has 0 amide bonds. The molecule has 0 spiro atoms. The van der Waals surface area contributed by atoms with Crippen molar-refractivity contribution >= 4 is 0 Å². The van der Waals surface area contributed by atoms with Crippen molar-refractivity contribution in [2.45, 2.75) is 38.8 Å². The summed E-state index contributed by atoms with van der Waals surface area (Å²) in [6, 6.07) is 4.93. The van der Waals surface area contributed by atoms with E-state index in [9.17, 15) is 0 Å². The molecule has 3 atom stereocenters. The molecule has 0 radical (unpaired) electrons. The standard InChI is InChI=1S/C14H23N3/c1-11(15)14-6-4-8-17(10-14)12(2)13-5-3-7-16-9-13/h3,5,7,9,11-12,14H,4,6,8,10,15H2,1-2H3. The molecule has 1 saturated heterocycles. The Balaban J connectivity index is 2.02. The summed E-state index contributed by atoms with van der Waals surface area (Å²) in [5, 5.41) is 0. The van der Waals surface area contributed by atoms with Crippen LogP contribution in [-0.4, -0.2) is 29.0 Å². The fourth-order valence-electron chi connectivity index (χ4n) is 2.66. The van der Waals surface area contributed by atoms with Crippen LogP contribution in [0.1, 0.15) is 38.3 Å². The predicted molar refractivity (Wildman–Crippen MR) is 70.6 cm³/mol. The Morgan fingerprint density at radius 3 is 2.94 bits per heavy atom. The summed E-state index contributed by atoms with van der Waals surface area (Å²) in [5.41, 5.74) is 7.33. The summed E-state index contributed by atoms with van der Waals surface area (Å²) >= 11 is 0. The molecule has 1 aliphatic heterocycles. The van der Waals surface area contributed by atoms with Gasteiger partial charge in [0.1, 0.15) is 0 Å². The van der Waals surface area contributed by atoms with Crippen LogP contribution in [0, 0.1) is 5.92 Å². The number of nitrogens with two attached hydrogens (primary N) is 1. The van der Waals surface area contributed by atoms with E-state index in [1.807, 2.05) is 18.5 Å². The number of likely N-dealkylation sites (tertiary alicyclic amines) is 1. The molecule has 3 nitrogen and oxygen atoms in total. The highest BCUT2D eigenvalue weighted by Gasteiger charge is 2.26. The number of hydrogen-bond donors (Lipinski definition) is 1. The molecule has 2 heterocycles. The molecule has 2 N–H and O–H groups in total. The monoisotopic (exact) mass is 233 g/mol. The summed E-state index contributed by atoms with van der Waals surface area (Å²) in [6.45, 7) is 6.69. The van der Waals surface area contributed by atoms with Crippen molar-refractivity contribution < 1.29 is 0 Å². The molecule has 0 saturated carbocycles. The molecule has 2 rings (SSSR count). The van der Waals surface area contributed by atoms with Crippen molar-refractivity contribution in [1.82, 2.24) is 9.88 Å². The second-order valence-corrected chi connectivity index (χ2v) is 5.22. The van der Waals surface area contributed by atoms with Crippen LogP contribution in [-0.2, 0) is 0 Å². The van der Waals surface area contributed by atoms with E-state index >= 15 is 0 Å². The maximum absolute atomic E-state index is 6.03.